The van der Waals surface area contributed by atoms with Crippen molar-refractivity contribution in [3.8, 4) is 17.7 Å². The van der Waals surface area contributed by atoms with Crippen molar-refractivity contribution in [2.75, 3.05) is 7.11 Å². The summed E-state index contributed by atoms with van der Waals surface area (Å²) in [4.78, 5) is 14.2. The number of aldehydes is 1. The molecule has 3 heteroatoms. The molecule has 1 aromatic rings. The number of methoxy groups -OCH3 is 1. The molecule has 0 saturated heterocycles. The molecule has 14 heavy (non-hydrogen) atoms. The third-order valence-electron chi connectivity index (χ3n) is 1.68. The standard InChI is InChI=1S/C11H11NO2/c1-9-10(5-3-4-8-13)6-7-11(12-9)14-2/h6-8H,4H2,1-2H3. The van der Waals surface area contributed by atoms with Crippen LogP contribution in [0.15, 0.2) is 12.1 Å². The quantitative estimate of drug-likeness (QED) is 0.520. The van der Waals surface area contributed by atoms with E-state index in [1.54, 1.807) is 13.2 Å². The topological polar surface area (TPSA) is 39.2 Å². The number of rotatable bonds is 2. The number of pyridine rings is 1. The molecule has 0 saturated carbocycles. The van der Waals surface area contributed by atoms with Crippen molar-refractivity contribution in [1.82, 2.24) is 4.98 Å². The lowest BCUT2D eigenvalue weighted by molar-refractivity contribution is -0.107. The summed E-state index contributed by atoms with van der Waals surface area (Å²) in [6.07, 6.45) is 1.03. The minimum Gasteiger partial charge on any atom is -0.481 e. The Labute approximate surface area is 83.1 Å². The number of hydrogen-bond acceptors (Lipinski definition) is 3. The van der Waals surface area contributed by atoms with Gasteiger partial charge >= 0.3 is 0 Å². The van der Waals surface area contributed by atoms with Gasteiger partial charge in [0.05, 0.1) is 19.2 Å². The normalized spacial score (nSPS) is 8.71. The summed E-state index contributed by atoms with van der Waals surface area (Å²) >= 11 is 0. The zero-order chi connectivity index (χ0) is 10.4. The SMILES string of the molecule is COc1ccc(C#CCC=O)c(C)n1. The molecule has 0 atom stereocenters. The summed E-state index contributed by atoms with van der Waals surface area (Å²) in [5, 5.41) is 0. The molecule has 0 spiro atoms. The number of nitrogens with zero attached hydrogens (tertiary/aromatic N) is 1. The van der Waals surface area contributed by atoms with Gasteiger partial charge < -0.3 is 9.53 Å². The van der Waals surface area contributed by atoms with Gasteiger partial charge in [-0.3, -0.25) is 0 Å². The molecule has 72 valence electrons. The Balaban J connectivity index is 2.90. The molecule has 0 amide bonds. The van der Waals surface area contributed by atoms with E-state index in [-0.39, 0.29) is 6.42 Å². The second-order valence-corrected chi connectivity index (χ2v) is 2.66. The van der Waals surface area contributed by atoms with E-state index in [4.69, 9.17) is 4.74 Å². The molecule has 0 aromatic carbocycles. The lowest BCUT2D eigenvalue weighted by atomic mass is 10.2. The van der Waals surface area contributed by atoms with Crippen molar-refractivity contribution in [2.45, 2.75) is 13.3 Å². The van der Waals surface area contributed by atoms with Crippen molar-refractivity contribution < 1.29 is 9.53 Å². The van der Waals surface area contributed by atoms with Crippen LogP contribution in [-0.2, 0) is 4.79 Å². The Kier molecular flexibility index (Phi) is 3.69. The number of aryl methyl sites for hydroxylation is 1. The minimum absolute atomic E-state index is 0.255. The summed E-state index contributed by atoms with van der Waals surface area (Å²) in [6.45, 7) is 1.85. The fourth-order valence-electron chi connectivity index (χ4n) is 0.972. The van der Waals surface area contributed by atoms with Crippen LogP contribution in [0.2, 0.25) is 0 Å². The Morgan fingerprint density at radius 1 is 1.57 bits per heavy atom. The minimum atomic E-state index is 0.255. The highest BCUT2D eigenvalue weighted by Crippen LogP contribution is 2.10. The van der Waals surface area contributed by atoms with Crippen LogP contribution in [0.25, 0.3) is 0 Å². The number of ether oxygens (including phenoxy) is 1. The van der Waals surface area contributed by atoms with Gasteiger partial charge in [0.25, 0.3) is 0 Å². The van der Waals surface area contributed by atoms with Crippen molar-refractivity contribution in [1.29, 1.82) is 0 Å². The lowest BCUT2D eigenvalue weighted by Crippen LogP contribution is -1.92. The summed E-state index contributed by atoms with van der Waals surface area (Å²) in [5.41, 5.74) is 1.63. The average Bonchev–Trinajstić information content (AvgIpc) is 2.20. The highest BCUT2D eigenvalue weighted by Gasteiger charge is 1.97. The van der Waals surface area contributed by atoms with Gasteiger partial charge in [-0.1, -0.05) is 11.8 Å². The van der Waals surface area contributed by atoms with Gasteiger partial charge in [0.15, 0.2) is 0 Å². The molecule has 0 aliphatic carbocycles. The second kappa shape index (κ2) is 5.03. The van der Waals surface area contributed by atoms with Crippen LogP contribution in [0, 0.1) is 18.8 Å². The summed E-state index contributed by atoms with van der Waals surface area (Å²) in [6, 6.07) is 3.58. The average molecular weight is 189 g/mol. The van der Waals surface area contributed by atoms with Gasteiger partial charge in [0, 0.05) is 11.6 Å². The molecular weight excluding hydrogens is 178 g/mol. The van der Waals surface area contributed by atoms with Crippen molar-refractivity contribution in [3.05, 3.63) is 23.4 Å². The molecule has 1 aromatic heterocycles. The van der Waals surface area contributed by atoms with Gasteiger partial charge in [-0.25, -0.2) is 4.98 Å². The van der Waals surface area contributed by atoms with E-state index in [1.807, 2.05) is 13.0 Å². The third-order valence-corrected chi connectivity index (χ3v) is 1.68. The summed E-state index contributed by atoms with van der Waals surface area (Å²) in [7, 11) is 1.57. The smallest absolute Gasteiger partial charge is 0.213 e. The first-order valence-electron chi connectivity index (χ1n) is 4.22. The monoisotopic (exact) mass is 189 g/mol. The van der Waals surface area contributed by atoms with Crippen LogP contribution in [0.1, 0.15) is 17.7 Å². The maximum Gasteiger partial charge on any atom is 0.213 e. The maximum absolute atomic E-state index is 10.0. The number of carbonyl (C=O) groups is 1. The van der Waals surface area contributed by atoms with Gasteiger partial charge in [-0.2, -0.15) is 0 Å². The highest BCUT2D eigenvalue weighted by atomic mass is 16.5. The Morgan fingerprint density at radius 2 is 2.36 bits per heavy atom. The molecule has 0 aliphatic heterocycles. The molecule has 0 unspecified atom stereocenters. The third kappa shape index (κ3) is 2.60. The van der Waals surface area contributed by atoms with Crippen LogP contribution in [0.3, 0.4) is 0 Å². The van der Waals surface area contributed by atoms with Crippen molar-refractivity contribution in [3.63, 3.8) is 0 Å². The van der Waals surface area contributed by atoms with Crippen LogP contribution >= 0.6 is 0 Å². The molecule has 0 radical (unpaired) electrons. The van der Waals surface area contributed by atoms with Gasteiger partial charge in [-0.05, 0) is 13.0 Å². The largest absolute Gasteiger partial charge is 0.481 e. The fourth-order valence-corrected chi connectivity index (χ4v) is 0.972. The first-order valence-corrected chi connectivity index (χ1v) is 4.22. The lowest BCUT2D eigenvalue weighted by Gasteiger charge is -2.00. The molecule has 0 fully saturated rings. The van der Waals surface area contributed by atoms with Gasteiger partial charge in [0.2, 0.25) is 5.88 Å². The zero-order valence-electron chi connectivity index (χ0n) is 8.20. The molecule has 0 aliphatic rings. The van der Waals surface area contributed by atoms with E-state index < -0.39 is 0 Å². The van der Waals surface area contributed by atoms with E-state index in [2.05, 4.69) is 16.8 Å². The number of hydrogen-bond donors (Lipinski definition) is 0. The second-order valence-electron chi connectivity index (χ2n) is 2.66. The van der Waals surface area contributed by atoms with Crippen LogP contribution in [0.5, 0.6) is 5.88 Å². The predicted molar refractivity (Wildman–Crippen MR) is 53.1 cm³/mol. The van der Waals surface area contributed by atoms with E-state index in [1.165, 1.54) is 0 Å². The molecule has 3 nitrogen and oxygen atoms in total. The zero-order valence-corrected chi connectivity index (χ0v) is 8.20. The highest BCUT2D eigenvalue weighted by molar-refractivity contribution is 5.55. The number of aromatic nitrogens is 1. The van der Waals surface area contributed by atoms with E-state index in [0.717, 1.165) is 17.5 Å². The van der Waals surface area contributed by atoms with Crippen molar-refractivity contribution in [2.24, 2.45) is 0 Å². The van der Waals surface area contributed by atoms with Crippen LogP contribution < -0.4 is 4.74 Å². The maximum atomic E-state index is 10.0. The van der Waals surface area contributed by atoms with Gasteiger partial charge in [0.1, 0.15) is 6.29 Å². The van der Waals surface area contributed by atoms with Gasteiger partial charge in [-0.15, -0.1) is 0 Å². The molecule has 0 bridgehead atoms. The molecular formula is C11H11NO2. The molecule has 1 rings (SSSR count). The summed E-state index contributed by atoms with van der Waals surface area (Å²) in [5.74, 6) is 6.17. The molecule has 1 heterocycles. The van der Waals surface area contributed by atoms with E-state index in [0.29, 0.717) is 5.88 Å². The van der Waals surface area contributed by atoms with E-state index in [9.17, 15) is 4.79 Å². The van der Waals surface area contributed by atoms with Crippen LogP contribution in [0.4, 0.5) is 0 Å². The first-order chi connectivity index (χ1) is 6.77. The Hall–Kier alpha value is -1.82. The van der Waals surface area contributed by atoms with E-state index >= 15 is 0 Å². The Morgan fingerprint density at radius 3 is 2.93 bits per heavy atom. The fraction of sp³-hybridized carbons (Fsp3) is 0.273. The first kappa shape index (κ1) is 10.3. The Bertz CT molecular complexity index is 388. The number of carbonyl (C=O) groups excluding carboxylic acids is 1. The molecule has 0 N–H and O–H groups in total. The summed E-state index contributed by atoms with van der Waals surface area (Å²) < 4.78 is 4.96. The van der Waals surface area contributed by atoms with Crippen LogP contribution in [-0.4, -0.2) is 18.4 Å². The van der Waals surface area contributed by atoms with Crippen molar-refractivity contribution >= 4 is 6.29 Å². The predicted octanol–water partition coefficient (Wildman–Crippen LogP) is 1.34.